The maximum absolute atomic E-state index is 13.6. The summed E-state index contributed by atoms with van der Waals surface area (Å²) in [6.07, 6.45) is 3.58. The molecular formula is C18H13F3N4O3. The van der Waals surface area contributed by atoms with Gasteiger partial charge in [-0.05, 0) is 12.1 Å². The molecule has 3 rings (SSSR count). The van der Waals surface area contributed by atoms with Crippen LogP contribution in [0.25, 0.3) is 11.5 Å². The van der Waals surface area contributed by atoms with Crippen LogP contribution in [0.4, 0.5) is 13.2 Å². The highest BCUT2D eigenvalue weighted by Gasteiger charge is 2.16. The maximum atomic E-state index is 13.6. The molecule has 10 heteroatoms. The molecular weight excluding hydrogens is 377 g/mol. The number of carbonyl (C=O) groups excluding carboxylic acids is 1. The number of aromatic nitrogens is 1. The van der Waals surface area contributed by atoms with Crippen LogP contribution in [0.1, 0.15) is 16.1 Å². The molecule has 0 unspecified atom stereocenters. The predicted octanol–water partition coefficient (Wildman–Crippen LogP) is 3.15. The molecule has 1 amide bonds. The highest BCUT2D eigenvalue weighted by atomic mass is 19.1. The van der Waals surface area contributed by atoms with Gasteiger partial charge in [0.25, 0.3) is 5.91 Å². The van der Waals surface area contributed by atoms with Gasteiger partial charge in [0.05, 0.1) is 18.5 Å². The van der Waals surface area contributed by atoms with Gasteiger partial charge in [0.2, 0.25) is 5.76 Å². The number of aliphatic imine (C=N–C) groups is 1. The molecule has 0 radical (unpaired) electrons. The van der Waals surface area contributed by atoms with Crippen molar-refractivity contribution in [3.8, 4) is 11.5 Å². The van der Waals surface area contributed by atoms with Crippen molar-refractivity contribution in [3.05, 3.63) is 77.2 Å². The number of nitrogens with two attached hydrogens (primary N) is 1. The smallest absolute Gasteiger partial charge is 0.277 e. The number of carbonyl (C=O) groups is 1. The van der Waals surface area contributed by atoms with Crippen LogP contribution in [0, 0.1) is 17.5 Å². The molecule has 0 atom stereocenters. The zero-order valence-electron chi connectivity index (χ0n) is 14.2. The van der Waals surface area contributed by atoms with Crippen molar-refractivity contribution < 1.29 is 26.9 Å². The maximum Gasteiger partial charge on any atom is 0.277 e. The Balaban J connectivity index is 1.65. The highest BCUT2D eigenvalue weighted by molar-refractivity contribution is 5.97. The van der Waals surface area contributed by atoms with Gasteiger partial charge in [-0.3, -0.25) is 9.79 Å². The third-order valence-corrected chi connectivity index (χ3v) is 3.53. The van der Waals surface area contributed by atoms with Crippen LogP contribution in [-0.2, 0) is 6.54 Å². The molecule has 2 aromatic heterocycles. The molecule has 0 saturated carbocycles. The fraction of sp³-hybridized carbons (Fsp3) is 0.0556. The Morgan fingerprint density at radius 1 is 1.21 bits per heavy atom. The molecule has 0 aliphatic rings. The van der Waals surface area contributed by atoms with Crippen molar-refractivity contribution in [1.29, 1.82) is 0 Å². The molecule has 0 aliphatic carbocycles. The van der Waals surface area contributed by atoms with Gasteiger partial charge in [-0.25, -0.2) is 13.2 Å². The second-order valence-electron chi connectivity index (χ2n) is 5.45. The molecule has 2 heterocycles. The van der Waals surface area contributed by atoms with Gasteiger partial charge in [-0.15, -0.1) is 0 Å². The summed E-state index contributed by atoms with van der Waals surface area (Å²) in [6, 6.07) is 5.75. The molecule has 1 aromatic carbocycles. The van der Waals surface area contributed by atoms with Crippen molar-refractivity contribution in [2.75, 3.05) is 0 Å². The number of benzene rings is 1. The molecule has 3 N–H and O–H groups in total. The average molecular weight is 390 g/mol. The van der Waals surface area contributed by atoms with Gasteiger partial charge < -0.3 is 20.0 Å². The molecule has 0 bridgehead atoms. The van der Waals surface area contributed by atoms with Crippen LogP contribution in [0.15, 0.2) is 62.4 Å². The van der Waals surface area contributed by atoms with Gasteiger partial charge in [0.1, 0.15) is 17.5 Å². The first kappa shape index (κ1) is 19.0. The lowest BCUT2D eigenvalue weighted by molar-refractivity contribution is 0.0959. The number of amides is 1. The van der Waals surface area contributed by atoms with E-state index in [0.717, 1.165) is 12.4 Å². The molecule has 0 fully saturated rings. The topological polar surface area (TPSA) is 107 Å². The van der Waals surface area contributed by atoms with E-state index in [1.165, 1.54) is 12.3 Å². The third-order valence-electron chi connectivity index (χ3n) is 3.53. The van der Waals surface area contributed by atoms with Gasteiger partial charge in [0.15, 0.2) is 11.5 Å². The van der Waals surface area contributed by atoms with Crippen molar-refractivity contribution in [2.24, 2.45) is 10.7 Å². The second kappa shape index (κ2) is 8.25. The first-order valence-electron chi connectivity index (χ1n) is 7.85. The zero-order valence-corrected chi connectivity index (χ0v) is 14.2. The Morgan fingerprint density at radius 3 is 2.61 bits per heavy atom. The standard InChI is InChI=1S/C18H13F3N4O3/c19-10-4-13(20)12(14(21)5-10)9-23-8-11(7-22)24-18(26)15-6-17(28-25-15)16-2-1-3-27-16/h1-8H,9,22H2,(H,24,26). The second-order valence-corrected chi connectivity index (χ2v) is 5.45. The van der Waals surface area contributed by atoms with Crippen LogP contribution < -0.4 is 11.1 Å². The van der Waals surface area contributed by atoms with E-state index in [4.69, 9.17) is 14.7 Å². The number of rotatable bonds is 6. The van der Waals surface area contributed by atoms with E-state index in [1.807, 2.05) is 0 Å². The molecule has 28 heavy (non-hydrogen) atoms. The number of allylic oxidation sites excluding steroid dienone is 1. The molecule has 0 saturated heterocycles. The van der Waals surface area contributed by atoms with Crippen molar-refractivity contribution in [2.45, 2.75) is 6.54 Å². The molecule has 0 aliphatic heterocycles. The summed E-state index contributed by atoms with van der Waals surface area (Å²) in [5, 5.41) is 6.04. The Labute approximate surface area is 156 Å². The molecule has 7 nitrogen and oxygen atoms in total. The van der Waals surface area contributed by atoms with E-state index in [2.05, 4.69) is 15.5 Å². The molecule has 0 spiro atoms. The average Bonchev–Trinajstić information content (AvgIpc) is 3.34. The number of furan rings is 1. The van der Waals surface area contributed by atoms with E-state index >= 15 is 0 Å². The quantitative estimate of drug-likeness (QED) is 0.629. The van der Waals surface area contributed by atoms with E-state index in [0.29, 0.717) is 17.9 Å². The van der Waals surface area contributed by atoms with E-state index in [-0.39, 0.29) is 17.2 Å². The first-order valence-corrected chi connectivity index (χ1v) is 7.85. The Bertz CT molecular complexity index is 1020. The van der Waals surface area contributed by atoms with Crippen LogP contribution in [0.5, 0.6) is 0 Å². The number of halogens is 3. The summed E-state index contributed by atoms with van der Waals surface area (Å²) in [6.45, 7) is -0.419. The lowest BCUT2D eigenvalue weighted by Crippen LogP contribution is -2.24. The fourth-order valence-electron chi connectivity index (χ4n) is 2.19. The predicted molar refractivity (Wildman–Crippen MR) is 92.5 cm³/mol. The number of hydrogen-bond donors (Lipinski definition) is 2. The summed E-state index contributed by atoms with van der Waals surface area (Å²) in [7, 11) is 0. The number of nitrogens with zero attached hydrogens (tertiary/aromatic N) is 2. The van der Waals surface area contributed by atoms with Crippen LogP contribution >= 0.6 is 0 Å². The van der Waals surface area contributed by atoms with Crippen LogP contribution in [-0.4, -0.2) is 17.3 Å². The Hall–Kier alpha value is -3.82. The van der Waals surface area contributed by atoms with Crippen molar-refractivity contribution >= 4 is 12.1 Å². The fourth-order valence-corrected chi connectivity index (χ4v) is 2.19. The van der Waals surface area contributed by atoms with E-state index < -0.39 is 35.5 Å². The number of hydrogen-bond acceptors (Lipinski definition) is 6. The van der Waals surface area contributed by atoms with Gasteiger partial charge >= 0.3 is 0 Å². The number of nitrogens with one attached hydrogen (secondary N) is 1. The Kier molecular flexibility index (Phi) is 5.58. The summed E-state index contributed by atoms with van der Waals surface area (Å²) in [4.78, 5) is 16.0. The summed E-state index contributed by atoms with van der Waals surface area (Å²) in [5.74, 6) is -3.16. The summed E-state index contributed by atoms with van der Waals surface area (Å²) < 4.78 is 50.2. The lowest BCUT2D eigenvalue weighted by Gasteiger charge is -2.04. The summed E-state index contributed by atoms with van der Waals surface area (Å²) >= 11 is 0. The van der Waals surface area contributed by atoms with Crippen LogP contribution in [0.3, 0.4) is 0 Å². The lowest BCUT2D eigenvalue weighted by atomic mass is 10.2. The highest BCUT2D eigenvalue weighted by Crippen LogP contribution is 2.20. The first-order chi connectivity index (χ1) is 13.5. The van der Waals surface area contributed by atoms with E-state index in [9.17, 15) is 18.0 Å². The SMILES string of the molecule is NC=C(C=NCc1c(F)cc(F)cc1F)NC(=O)c1cc(-c2ccco2)on1. The van der Waals surface area contributed by atoms with Gasteiger partial charge in [-0.2, -0.15) is 0 Å². The largest absolute Gasteiger partial charge is 0.461 e. The summed E-state index contributed by atoms with van der Waals surface area (Å²) in [5.41, 5.74) is 5.00. The minimum atomic E-state index is -1.06. The Morgan fingerprint density at radius 2 is 1.96 bits per heavy atom. The van der Waals surface area contributed by atoms with Gasteiger partial charge in [0, 0.05) is 36.2 Å². The zero-order chi connectivity index (χ0) is 20.1. The molecule has 144 valence electrons. The minimum absolute atomic E-state index is 0.0465. The third kappa shape index (κ3) is 4.29. The monoisotopic (exact) mass is 390 g/mol. The van der Waals surface area contributed by atoms with Gasteiger partial charge in [-0.1, -0.05) is 5.16 Å². The van der Waals surface area contributed by atoms with Crippen molar-refractivity contribution in [1.82, 2.24) is 10.5 Å². The normalized spacial score (nSPS) is 11.9. The van der Waals surface area contributed by atoms with E-state index in [1.54, 1.807) is 12.1 Å². The van der Waals surface area contributed by atoms with Crippen molar-refractivity contribution in [3.63, 3.8) is 0 Å². The van der Waals surface area contributed by atoms with Crippen LogP contribution in [0.2, 0.25) is 0 Å². The molecule has 3 aromatic rings. The minimum Gasteiger partial charge on any atom is -0.461 e.